The Bertz CT molecular complexity index is 372. The molecule has 2 rings (SSSR count). The Kier molecular flexibility index (Phi) is 2.03. The first-order valence-corrected chi connectivity index (χ1v) is 4.55. The molecule has 0 saturated heterocycles. The summed E-state index contributed by atoms with van der Waals surface area (Å²) in [6.07, 6.45) is 0.556. The normalized spacial score (nSPS) is 25.9. The first-order chi connectivity index (χ1) is 6.59. The van der Waals surface area contributed by atoms with Crippen molar-refractivity contribution in [2.75, 3.05) is 0 Å². The van der Waals surface area contributed by atoms with Crippen LogP contribution in [0.2, 0.25) is 0 Å². The van der Waals surface area contributed by atoms with Gasteiger partial charge in [0.25, 0.3) is 0 Å². The maximum atomic E-state index is 10.8. The number of hydrogen-bond donors (Lipinski definition) is 2. The number of rotatable bonds is 1. The van der Waals surface area contributed by atoms with E-state index in [9.17, 15) is 4.79 Å². The van der Waals surface area contributed by atoms with Crippen LogP contribution >= 0.6 is 0 Å². The average Bonchev–Trinajstić information content (AvgIpc) is 2.47. The number of carboxylic acid groups (broad SMARTS) is 1. The Morgan fingerprint density at radius 2 is 2.36 bits per heavy atom. The molecule has 2 N–H and O–H groups in total. The van der Waals surface area contributed by atoms with Crippen LogP contribution in [0.25, 0.3) is 0 Å². The number of carbonyl (C=O) groups is 1. The van der Waals surface area contributed by atoms with Crippen LogP contribution in [0.1, 0.15) is 41.7 Å². The van der Waals surface area contributed by atoms with Crippen molar-refractivity contribution in [2.24, 2.45) is 0 Å². The summed E-state index contributed by atoms with van der Waals surface area (Å²) >= 11 is 0. The summed E-state index contributed by atoms with van der Waals surface area (Å²) in [5, 5.41) is 15.4. The van der Waals surface area contributed by atoms with E-state index in [1.807, 2.05) is 13.8 Å². The van der Waals surface area contributed by atoms with Gasteiger partial charge in [-0.2, -0.15) is 5.10 Å². The van der Waals surface area contributed by atoms with Crippen LogP contribution in [0.15, 0.2) is 0 Å². The Morgan fingerprint density at radius 3 is 3.00 bits per heavy atom. The zero-order valence-electron chi connectivity index (χ0n) is 8.07. The number of carboxylic acids is 1. The highest BCUT2D eigenvalue weighted by Gasteiger charge is 2.29. The van der Waals surface area contributed by atoms with Crippen molar-refractivity contribution in [2.45, 2.75) is 32.5 Å². The second-order valence-corrected chi connectivity index (χ2v) is 3.56. The Morgan fingerprint density at radius 1 is 1.64 bits per heavy atom. The zero-order chi connectivity index (χ0) is 10.3. The molecule has 1 aromatic rings. The highest BCUT2D eigenvalue weighted by molar-refractivity contribution is 5.87. The van der Waals surface area contributed by atoms with Crippen molar-refractivity contribution in [3.63, 3.8) is 0 Å². The molecule has 0 fully saturated rings. The predicted molar refractivity (Wildman–Crippen MR) is 48.2 cm³/mol. The van der Waals surface area contributed by atoms with E-state index in [1.165, 1.54) is 0 Å². The second kappa shape index (κ2) is 3.09. The summed E-state index contributed by atoms with van der Waals surface area (Å²) in [4.78, 5) is 10.8. The fraction of sp³-hybridized carbons (Fsp3) is 0.556. The van der Waals surface area contributed by atoms with E-state index in [0.717, 1.165) is 11.3 Å². The lowest BCUT2D eigenvalue weighted by molar-refractivity contribution is -0.00703. The van der Waals surface area contributed by atoms with Crippen molar-refractivity contribution in [1.82, 2.24) is 10.2 Å². The molecule has 1 aliphatic rings. The quantitative estimate of drug-likeness (QED) is 0.706. The van der Waals surface area contributed by atoms with Gasteiger partial charge < -0.3 is 9.84 Å². The number of fused-ring (bicyclic) bond motifs is 1. The molecule has 0 saturated carbocycles. The van der Waals surface area contributed by atoms with E-state index in [2.05, 4.69) is 10.2 Å². The zero-order valence-corrected chi connectivity index (χ0v) is 8.07. The molecule has 2 atom stereocenters. The van der Waals surface area contributed by atoms with Crippen molar-refractivity contribution in [1.29, 1.82) is 0 Å². The molecule has 0 radical (unpaired) electrons. The molecule has 0 amide bonds. The van der Waals surface area contributed by atoms with Crippen molar-refractivity contribution in [3.05, 3.63) is 17.0 Å². The minimum Gasteiger partial charge on any atom is -0.476 e. The highest BCUT2D eigenvalue weighted by atomic mass is 16.5. The number of aromatic nitrogens is 2. The fourth-order valence-electron chi connectivity index (χ4n) is 1.85. The van der Waals surface area contributed by atoms with E-state index in [1.54, 1.807) is 0 Å². The van der Waals surface area contributed by atoms with Crippen molar-refractivity contribution < 1.29 is 14.6 Å². The summed E-state index contributed by atoms with van der Waals surface area (Å²) in [6.45, 7) is 3.82. The molecule has 1 aromatic heterocycles. The van der Waals surface area contributed by atoms with Crippen LogP contribution in [0, 0.1) is 0 Å². The molecular formula is C9H12N2O3. The van der Waals surface area contributed by atoms with Gasteiger partial charge in [-0.1, -0.05) is 0 Å². The third-order valence-corrected chi connectivity index (χ3v) is 2.44. The standard InChI is InChI=1S/C9H12N2O3/c1-4-3-6-7(5(2)14-4)10-11-8(6)9(12)13/h4-5H,3H2,1-2H3,(H,10,11)(H,12,13). The van der Waals surface area contributed by atoms with Gasteiger partial charge in [-0.3, -0.25) is 5.10 Å². The molecule has 0 bridgehead atoms. The number of aromatic amines is 1. The van der Waals surface area contributed by atoms with E-state index >= 15 is 0 Å². The van der Waals surface area contributed by atoms with E-state index in [0.29, 0.717) is 6.42 Å². The highest BCUT2D eigenvalue weighted by Crippen LogP contribution is 2.29. The van der Waals surface area contributed by atoms with Crippen LogP contribution in [0.3, 0.4) is 0 Å². The van der Waals surface area contributed by atoms with Gasteiger partial charge in [0.05, 0.1) is 17.9 Å². The molecule has 0 aromatic carbocycles. The van der Waals surface area contributed by atoms with Gasteiger partial charge >= 0.3 is 5.97 Å². The molecule has 14 heavy (non-hydrogen) atoms. The third kappa shape index (κ3) is 1.29. The van der Waals surface area contributed by atoms with Crippen LogP contribution in [0.5, 0.6) is 0 Å². The minimum absolute atomic E-state index is 0.0493. The van der Waals surface area contributed by atoms with Crippen LogP contribution in [0.4, 0.5) is 0 Å². The summed E-state index contributed by atoms with van der Waals surface area (Å²) < 4.78 is 5.54. The molecule has 0 aliphatic carbocycles. The first-order valence-electron chi connectivity index (χ1n) is 4.55. The third-order valence-electron chi connectivity index (χ3n) is 2.44. The van der Waals surface area contributed by atoms with Crippen LogP contribution in [-0.2, 0) is 11.2 Å². The number of hydrogen-bond acceptors (Lipinski definition) is 3. The van der Waals surface area contributed by atoms with E-state index < -0.39 is 5.97 Å². The lowest BCUT2D eigenvalue weighted by Gasteiger charge is -2.24. The summed E-state index contributed by atoms with van der Waals surface area (Å²) in [5.74, 6) is -0.983. The van der Waals surface area contributed by atoms with Crippen molar-refractivity contribution in [3.8, 4) is 0 Å². The molecule has 5 heteroatoms. The number of nitrogens with one attached hydrogen (secondary N) is 1. The van der Waals surface area contributed by atoms with Crippen LogP contribution in [-0.4, -0.2) is 27.4 Å². The Labute approximate surface area is 81.1 Å². The fourth-order valence-corrected chi connectivity index (χ4v) is 1.85. The van der Waals surface area contributed by atoms with Gasteiger partial charge in [0.1, 0.15) is 0 Å². The molecule has 0 spiro atoms. The van der Waals surface area contributed by atoms with Crippen LogP contribution < -0.4 is 0 Å². The molecular weight excluding hydrogens is 184 g/mol. The molecule has 1 aliphatic heterocycles. The van der Waals surface area contributed by atoms with Gasteiger partial charge in [-0.15, -0.1) is 0 Å². The van der Waals surface area contributed by atoms with E-state index in [4.69, 9.17) is 9.84 Å². The maximum Gasteiger partial charge on any atom is 0.356 e. The average molecular weight is 196 g/mol. The first kappa shape index (κ1) is 9.21. The number of H-pyrrole nitrogens is 1. The largest absolute Gasteiger partial charge is 0.476 e. The van der Waals surface area contributed by atoms with Gasteiger partial charge in [0.15, 0.2) is 5.69 Å². The second-order valence-electron chi connectivity index (χ2n) is 3.56. The lowest BCUT2D eigenvalue weighted by Crippen LogP contribution is -2.22. The SMILES string of the molecule is CC1Cc2c(C(=O)O)n[nH]c2C(C)O1. The number of ether oxygens (including phenoxy) is 1. The lowest BCUT2D eigenvalue weighted by atomic mass is 10.00. The molecule has 5 nitrogen and oxygen atoms in total. The molecule has 76 valence electrons. The summed E-state index contributed by atoms with van der Waals surface area (Å²) in [7, 11) is 0. The van der Waals surface area contributed by atoms with Gasteiger partial charge in [-0.05, 0) is 13.8 Å². The predicted octanol–water partition coefficient (Wildman–Crippen LogP) is 1.13. The summed E-state index contributed by atoms with van der Waals surface area (Å²) in [5.41, 5.74) is 1.70. The van der Waals surface area contributed by atoms with Gasteiger partial charge in [0, 0.05) is 12.0 Å². The van der Waals surface area contributed by atoms with Gasteiger partial charge in [0.2, 0.25) is 0 Å². The number of aromatic carboxylic acids is 1. The van der Waals surface area contributed by atoms with Crippen molar-refractivity contribution >= 4 is 5.97 Å². The number of nitrogens with zero attached hydrogens (tertiary/aromatic N) is 1. The molecule has 2 heterocycles. The maximum absolute atomic E-state index is 10.8. The smallest absolute Gasteiger partial charge is 0.356 e. The van der Waals surface area contributed by atoms with Gasteiger partial charge in [-0.25, -0.2) is 4.79 Å². The minimum atomic E-state index is -0.983. The topological polar surface area (TPSA) is 75.2 Å². The Hall–Kier alpha value is -1.36. The Balaban J connectivity index is 2.46. The van der Waals surface area contributed by atoms with E-state index in [-0.39, 0.29) is 17.9 Å². The molecule has 2 unspecified atom stereocenters. The monoisotopic (exact) mass is 196 g/mol. The summed E-state index contributed by atoms with van der Waals surface area (Å²) in [6, 6.07) is 0.